The van der Waals surface area contributed by atoms with E-state index in [1.54, 1.807) is 11.9 Å². The molecule has 0 saturated heterocycles. The zero-order chi connectivity index (χ0) is 12.3. The molecule has 6 heteroatoms. The van der Waals surface area contributed by atoms with Crippen molar-refractivity contribution in [3.05, 3.63) is 23.9 Å². The van der Waals surface area contributed by atoms with Crippen LogP contribution >= 0.6 is 0 Å². The predicted octanol–water partition coefficient (Wildman–Crippen LogP) is 1.88. The molecule has 0 aliphatic heterocycles. The van der Waals surface area contributed by atoms with Gasteiger partial charge in [0.05, 0.1) is 5.56 Å². The second-order valence-corrected chi connectivity index (χ2v) is 3.76. The van der Waals surface area contributed by atoms with Gasteiger partial charge < -0.3 is 10.6 Å². The van der Waals surface area contributed by atoms with Gasteiger partial charge in [-0.3, -0.25) is 0 Å². The molecule has 1 aromatic heterocycles. The quantitative estimate of drug-likeness (QED) is 0.866. The summed E-state index contributed by atoms with van der Waals surface area (Å²) in [6.07, 6.45) is -3.52. The highest BCUT2D eigenvalue weighted by Crippen LogP contribution is 2.29. The Hall–Kier alpha value is -1.30. The molecule has 0 aliphatic rings. The van der Waals surface area contributed by atoms with Crippen molar-refractivity contribution in [2.45, 2.75) is 19.1 Å². The summed E-state index contributed by atoms with van der Waals surface area (Å²) in [5.41, 5.74) is 4.84. The molecule has 0 radical (unpaired) electrons. The molecule has 1 aromatic rings. The Morgan fingerprint density at radius 2 is 2.06 bits per heavy atom. The van der Waals surface area contributed by atoms with Crippen LogP contribution in [0.5, 0.6) is 0 Å². The van der Waals surface area contributed by atoms with E-state index in [1.165, 1.54) is 6.07 Å². The van der Waals surface area contributed by atoms with Crippen molar-refractivity contribution >= 4 is 5.82 Å². The van der Waals surface area contributed by atoms with Crippen molar-refractivity contribution in [3.63, 3.8) is 0 Å². The third-order valence-corrected chi connectivity index (χ3v) is 2.03. The van der Waals surface area contributed by atoms with Crippen molar-refractivity contribution in [2.24, 2.45) is 5.73 Å². The van der Waals surface area contributed by atoms with Crippen LogP contribution in [-0.4, -0.2) is 24.6 Å². The third-order valence-electron chi connectivity index (χ3n) is 2.03. The van der Waals surface area contributed by atoms with Crippen LogP contribution in [0.25, 0.3) is 0 Å². The molecule has 1 rings (SSSR count). The van der Waals surface area contributed by atoms with Gasteiger partial charge in [0, 0.05) is 25.8 Å². The molecule has 3 nitrogen and oxygen atoms in total. The number of likely N-dealkylation sites (N-methyl/N-ethyl adjacent to an activating group) is 1. The zero-order valence-corrected chi connectivity index (χ0v) is 9.12. The van der Waals surface area contributed by atoms with Crippen molar-refractivity contribution in [3.8, 4) is 0 Å². The first-order valence-electron chi connectivity index (χ1n) is 4.80. The maximum absolute atomic E-state index is 12.3. The van der Waals surface area contributed by atoms with E-state index < -0.39 is 11.7 Å². The van der Waals surface area contributed by atoms with Crippen molar-refractivity contribution in [1.82, 2.24) is 4.98 Å². The van der Waals surface area contributed by atoms with Gasteiger partial charge in [-0.05, 0) is 19.1 Å². The fraction of sp³-hybridized carbons (Fsp3) is 0.500. The number of nitrogens with zero attached hydrogens (tertiary/aromatic N) is 2. The average Bonchev–Trinajstić information content (AvgIpc) is 2.15. The summed E-state index contributed by atoms with van der Waals surface area (Å²) >= 11 is 0. The van der Waals surface area contributed by atoms with Gasteiger partial charge in [0.1, 0.15) is 5.82 Å². The van der Waals surface area contributed by atoms with E-state index in [1.807, 2.05) is 6.92 Å². The van der Waals surface area contributed by atoms with E-state index in [9.17, 15) is 13.2 Å². The van der Waals surface area contributed by atoms with E-state index in [2.05, 4.69) is 4.98 Å². The number of nitrogens with two attached hydrogens (primary N) is 1. The van der Waals surface area contributed by atoms with Crippen LogP contribution in [0.4, 0.5) is 19.0 Å². The molecule has 0 aromatic carbocycles. The van der Waals surface area contributed by atoms with Crippen LogP contribution < -0.4 is 10.6 Å². The number of halogens is 3. The normalized spacial score (nSPS) is 13.6. The van der Waals surface area contributed by atoms with Gasteiger partial charge in [0.2, 0.25) is 0 Å². The number of pyridine rings is 1. The standard InChI is InChI=1S/C10H14F3N3/c1-7(14)6-16(2)9-4-3-8(5-15-9)10(11,12)13/h3-5,7H,6,14H2,1-2H3. The van der Waals surface area contributed by atoms with Crippen LogP contribution in [0.3, 0.4) is 0 Å². The third kappa shape index (κ3) is 3.37. The Labute approximate surface area is 92.1 Å². The number of alkyl halides is 3. The maximum atomic E-state index is 12.3. The predicted molar refractivity (Wildman–Crippen MR) is 56.2 cm³/mol. The summed E-state index contributed by atoms with van der Waals surface area (Å²) in [5, 5.41) is 0. The van der Waals surface area contributed by atoms with Crippen molar-refractivity contribution in [1.29, 1.82) is 0 Å². The minimum absolute atomic E-state index is 0.0610. The average molecular weight is 233 g/mol. The van der Waals surface area contributed by atoms with Gasteiger partial charge in [0.25, 0.3) is 0 Å². The fourth-order valence-electron chi connectivity index (χ4n) is 1.31. The van der Waals surface area contributed by atoms with Gasteiger partial charge in [0.15, 0.2) is 0 Å². The van der Waals surface area contributed by atoms with Crippen LogP contribution in [0.1, 0.15) is 12.5 Å². The molecule has 0 bridgehead atoms. The molecular formula is C10H14F3N3. The van der Waals surface area contributed by atoms with Crippen LogP contribution in [0.2, 0.25) is 0 Å². The lowest BCUT2D eigenvalue weighted by molar-refractivity contribution is -0.137. The van der Waals surface area contributed by atoms with E-state index in [0.717, 1.165) is 12.3 Å². The number of hydrogen-bond acceptors (Lipinski definition) is 3. The molecule has 1 unspecified atom stereocenters. The summed E-state index contributed by atoms with van der Waals surface area (Å²) in [4.78, 5) is 5.46. The first kappa shape index (κ1) is 12.8. The number of anilines is 1. The summed E-state index contributed by atoms with van der Waals surface area (Å²) in [6, 6.07) is 2.29. The molecule has 0 spiro atoms. The van der Waals surface area contributed by atoms with E-state index in [0.29, 0.717) is 12.4 Å². The summed E-state index contributed by atoms with van der Waals surface area (Å²) in [5.74, 6) is 0.477. The minimum Gasteiger partial charge on any atom is -0.358 e. The zero-order valence-electron chi connectivity index (χ0n) is 9.12. The minimum atomic E-state index is -4.34. The monoisotopic (exact) mass is 233 g/mol. The molecule has 0 amide bonds. The Balaban J connectivity index is 2.79. The molecule has 16 heavy (non-hydrogen) atoms. The molecule has 0 aliphatic carbocycles. The summed E-state index contributed by atoms with van der Waals surface area (Å²) in [6.45, 7) is 2.36. The molecule has 2 N–H and O–H groups in total. The topological polar surface area (TPSA) is 42.1 Å². The van der Waals surface area contributed by atoms with E-state index in [-0.39, 0.29) is 6.04 Å². The Kier molecular flexibility index (Phi) is 3.74. The summed E-state index contributed by atoms with van der Waals surface area (Å²) in [7, 11) is 1.74. The van der Waals surface area contributed by atoms with Gasteiger partial charge >= 0.3 is 6.18 Å². The van der Waals surface area contributed by atoms with Gasteiger partial charge in [-0.1, -0.05) is 0 Å². The Bertz CT molecular complexity index is 332. The molecule has 1 atom stereocenters. The van der Waals surface area contributed by atoms with Crippen molar-refractivity contribution < 1.29 is 13.2 Å². The van der Waals surface area contributed by atoms with Crippen LogP contribution in [0.15, 0.2) is 18.3 Å². The number of hydrogen-bond donors (Lipinski definition) is 1. The van der Waals surface area contributed by atoms with Gasteiger partial charge in [-0.25, -0.2) is 4.98 Å². The van der Waals surface area contributed by atoms with Crippen LogP contribution in [0, 0.1) is 0 Å². The van der Waals surface area contributed by atoms with E-state index in [4.69, 9.17) is 5.73 Å². The molecular weight excluding hydrogens is 219 g/mol. The first-order valence-corrected chi connectivity index (χ1v) is 4.80. The first-order chi connectivity index (χ1) is 7.30. The maximum Gasteiger partial charge on any atom is 0.417 e. The highest BCUT2D eigenvalue weighted by atomic mass is 19.4. The van der Waals surface area contributed by atoms with E-state index >= 15 is 0 Å². The second kappa shape index (κ2) is 4.69. The molecule has 90 valence electrons. The highest BCUT2D eigenvalue weighted by molar-refractivity contribution is 5.38. The second-order valence-electron chi connectivity index (χ2n) is 3.76. The highest BCUT2D eigenvalue weighted by Gasteiger charge is 2.30. The summed E-state index contributed by atoms with van der Waals surface area (Å²) < 4.78 is 36.8. The fourth-order valence-corrected chi connectivity index (χ4v) is 1.31. The van der Waals surface area contributed by atoms with Crippen LogP contribution in [-0.2, 0) is 6.18 Å². The van der Waals surface area contributed by atoms with Gasteiger partial charge in [-0.2, -0.15) is 13.2 Å². The SMILES string of the molecule is CC(N)CN(C)c1ccc(C(F)(F)F)cn1. The Morgan fingerprint density at radius 1 is 1.44 bits per heavy atom. The number of aromatic nitrogens is 1. The lowest BCUT2D eigenvalue weighted by Gasteiger charge is -2.20. The molecule has 1 heterocycles. The van der Waals surface area contributed by atoms with Crippen molar-refractivity contribution in [2.75, 3.05) is 18.5 Å². The number of rotatable bonds is 3. The molecule has 0 saturated carbocycles. The smallest absolute Gasteiger partial charge is 0.358 e. The largest absolute Gasteiger partial charge is 0.417 e. The lowest BCUT2D eigenvalue weighted by atomic mass is 10.2. The Morgan fingerprint density at radius 3 is 2.44 bits per heavy atom. The lowest BCUT2D eigenvalue weighted by Crippen LogP contribution is -2.33. The molecule has 0 fully saturated rings. The van der Waals surface area contributed by atoms with Gasteiger partial charge in [-0.15, -0.1) is 0 Å².